The molecule has 0 saturated carbocycles. The second-order valence-corrected chi connectivity index (χ2v) is 5.85. The van der Waals surface area contributed by atoms with Crippen LogP contribution in [0.5, 0.6) is 0 Å². The van der Waals surface area contributed by atoms with Gasteiger partial charge in [-0.1, -0.05) is 32.9 Å². The van der Waals surface area contributed by atoms with Gasteiger partial charge in [-0.25, -0.2) is 9.97 Å². The van der Waals surface area contributed by atoms with Crippen molar-refractivity contribution in [1.29, 1.82) is 0 Å². The number of aromatic nitrogens is 4. The third-order valence-electron chi connectivity index (χ3n) is 3.92. The lowest BCUT2D eigenvalue weighted by atomic mass is 10.0. The van der Waals surface area contributed by atoms with E-state index in [0.29, 0.717) is 5.92 Å². The summed E-state index contributed by atoms with van der Waals surface area (Å²) in [7, 11) is 0. The lowest BCUT2D eigenvalue weighted by molar-refractivity contribution is 0.719. The summed E-state index contributed by atoms with van der Waals surface area (Å²) < 4.78 is 4.24. The molecule has 0 radical (unpaired) electrons. The lowest BCUT2D eigenvalue weighted by Crippen LogP contribution is -2.03. The highest BCUT2D eigenvalue weighted by Crippen LogP contribution is 2.18. The van der Waals surface area contributed by atoms with E-state index in [1.807, 2.05) is 18.7 Å². The first-order chi connectivity index (χ1) is 10.7. The van der Waals surface area contributed by atoms with Crippen molar-refractivity contribution < 1.29 is 0 Å². The molecule has 0 fully saturated rings. The van der Waals surface area contributed by atoms with Crippen LogP contribution in [0.25, 0.3) is 5.69 Å². The Labute approximate surface area is 131 Å². The number of imidazole rings is 2. The summed E-state index contributed by atoms with van der Waals surface area (Å²) in [6.07, 6.45) is 8.78. The van der Waals surface area contributed by atoms with E-state index in [9.17, 15) is 0 Å². The van der Waals surface area contributed by atoms with Crippen LogP contribution in [0.15, 0.2) is 49.2 Å². The zero-order valence-electron chi connectivity index (χ0n) is 13.4. The predicted molar refractivity (Wildman–Crippen MR) is 88.4 cm³/mol. The number of aryl methyl sites for hydroxylation is 1. The van der Waals surface area contributed by atoms with E-state index in [1.165, 1.54) is 5.56 Å². The van der Waals surface area contributed by atoms with Crippen LogP contribution >= 0.6 is 0 Å². The van der Waals surface area contributed by atoms with Gasteiger partial charge >= 0.3 is 0 Å². The lowest BCUT2D eigenvalue weighted by Gasteiger charge is -2.08. The average molecular weight is 294 g/mol. The van der Waals surface area contributed by atoms with Gasteiger partial charge in [0, 0.05) is 30.7 Å². The monoisotopic (exact) mass is 294 g/mol. The van der Waals surface area contributed by atoms with E-state index in [2.05, 4.69) is 70.3 Å². The molecule has 0 unspecified atom stereocenters. The first-order valence-corrected chi connectivity index (χ1v) is 7.80. The number of rotatable bonds is 5. The first-order valence-electron chi connectivity index (χ1n) is 7.80. The van der Waals surface area contributed by atoms with E-state index in [4.69, 9.17) is 0 Å². The third-order valence-corrected chi connectivity index (χ3v) is 3.92. The standard InChI is InChI=1S/C18H22N4/c1-4-18-19-8-9-21(18)11-16-12-22(13-20-16)17-7-5-6-15(10-17)14(2)3/h5-10,12-14H,4,11H2,1-3H3. The van der Waals surface area contributed by atoms with Crippen LogP contribution in [-0.2, 0) is 13.0 Å². The van der Waals surface area contributed by atoms with Gasteiger partial charge in [-0.2, -0.15) is 0 Å². The molecule has 4 heteroatoms. The van der Waals surface area contributed by atoms with Crippen molar-refractivity contribution in [3.63, 3.8) is 0 Å². The first kappa shape index (κ1) is 14.6. The highest BCUT2D eigenvalue weighted by atomic mass is 15.1. The molecule has 0 bridgehead atoms. The number of hydrogen-bond acceptors (Lipinski definition) is 2. The molecule has 0 amide bonds. The fourth-order valence-corrected chi connectivity index (χ4v) is 2.60. The smallest absolute Gasteiger partial charge is 0.108 e. The zero-order valence-corrected chi connectivity index (χ0v) is 13.4. The van der Waals surface area contributed by atoms with E-state index in [-0.39, 0.29) is 0 Å². The van der Waals surface area contributed by atoms with Crippen molar-refractivity contribution in [3.05, 3.63) is 66.3 Å². The van der Waals surface area contributed by atoms with Gasteiger partial charge in [-0.05, 0) is 23.6 Å². The van der Waals surface area contributed by atoms with Crippen LogP contribution in [0, 0.1) is 0 Å². The van der Waals surface area contributed by atoms with Crippen molar-refractivity contribution in [2.75, 3.05) is 0 Å². The highest BCUT2D eigenvalue weighted by Gasteiger charge is 2.06. The molecule has 0 spiro atoms. The highest BCUT2D eigenvalue weighted by molar-refractivity contribution is 5.37. The quantitative estimate of drug-likeness (QED) is 0.717. The van der Waals surface area contributed by atoms with Gasteiger partial charge in [0.2, 0.25) is 0 Å². The van der Waals surface area contributed by atoms with Crippen LogP contribution in [0.4, 0.5) is 0 Å². The van der Waals surface area contributed by atoms with E-state index in [0.717, 1.165) is 30.2 Å². The molecule has 1 aromatic carbocycles. The van der Waals surface area contributed by atoms with Gasteiger partial charge in [0.15, 0.2) is 0 Å². The summed E-state index contributed by atoms with van der Waals surface area (Å²) in [5, 5.41) is 0. The maximum atomic E-state index is 4.53. The molecule has 114 valence electrons. The van der Waals surface area contributed by atoms with Gasteiger partial charge in [-0.15, -0.1) is 0 Å². The van der Waals surface area contributed by atoms with Crippen LogP contribution in [-0.4, -0.2) is 19.1 Å². The Morgan fingerprint density at radius 1 is 1.18 bits per heavy atom. The predicted octanol–water partition coefficient (Wildman–Crippen LogP) is 3.80. The molecule has 2 aromatic heterocycles. The molecule has 0 atom stereocenters. The van der Waals surface area contributed by atoms with Crippen LogP contribution in [0.1, 0.15) is 43.8 Å². The molecule has 0 aliphatic carbocycles. The molecule has 0 N–H and O–H groups in total. The molecule has 0 aliphatic rings. The summed E-state index contributed by atoms with van der Waals surface area (Å²) in [4.78, 5) is 8.89. The molecular weight excluding hydrogens is 272 g/mol. The molecular formula is C18H22N4. The number of hydrogen-bond donors (Lipinski definition) is 0. The Bertz CT molecular complexity index is 752. The minimum Gasteiger partial charge on any atom is -0.329 e. The SMILES string of the molecule is CCc1nccn1Cc1cn(-c2cccc(C(C)C)c2)cn1. The summed E-state index contributed by atoms with van der Waals surface area (Å²) >= 11 is 0. The Balaban J connectivity index is 1.83. The fourth-order valence-electron chi connectivity index (χ4n) is 2.60. The summed E-state index contributed by atoms with van der Waals surface area (Å²) in [6.45, 7) is 7.31. The Hall–Kier alpha value is -2.36. The molecule has 4 nitrogen and oxygen atoms in total. The summed E-state index contributed by atoms with van der Waals surface area (Å²) in [5.41, 5.74) is 3.55. The van der Waals surface area contributed by atoms with Gasteiger partial charge < -0.3 is 9.13 Å². The maximum absolute atomic E-state index is 4.53. The van der Waals surface area contributed by atoms with Crippen molar-refractivity contribution in [3.8, 4) is 5.69 Å². The van der Waals surface area contributed by atoms with Gasteiger partial charge in [0.25, 0.3) is 0 Å². The van der Waals surface area contributed by atoms with Crippen molar-refractivity contribution in [2.24, 2.45) is 0 Å². The zero-order chi connectivity index (χ0) is 15.5. The Kier molecular flexibility index (Phi) is 4.09. The average Bonchev–Trinajstić information content (AvgIpc) is 3.17. The van der Waals surface area contributed by atoms with Gasteiger partial charge in [0.05, 0.1) is 18.6 Å². The van der Waals surface area contributed by atoms with E-state index < -0.39 is 0 Å². The van der Waals surface area contributed by atoms with E-state index >= 15 is 0 Å². The second kappa shape index (κ2) is 6.18. The van der Waals surface area contributed by atoms with Crippen LogP contribution < -0.4 is 0 Å². The van der Waals surface area contributed by atoms with Crippen molar-refractivity contribution in [1.82, 2.24) is 19.1 Å². The van der Waals surface area contributed by atoms with Crippen molar-refractivity contribution in [2.45, 2.75) is 39.7 Å². The number of benzene rings is 1. The molecule has 3 aromatic rings. The van der Waals surface area contributed by atoms with E-state index in [1.54, 1.807) is 0 Å². The fraction of sp³-hybridized carbons (Fsp3) is 0.333. The maximum Gasteiger partial charge on any atom is 0.108 e. The van der Waals surface area contributed by atoms with Crippen molar-refractivity contribution >= 4 is 0 Å². The topological polar surface area (TPSA) is 35.6 Å². The number of nitrogens with zero attached hydrogens (tertiary/aromatic N) is 4. The Morgan fingerprint density at radius 2 is 2.05 bits per heavy atom. The van der Waals surface area contributed by atoms with Crippen LogP contribution in [0.2, 0.25) is 0 Å². The minimum absolute atomic E-state index is 0.529. The van der Waals surface area contributed by atoms with Gasteiger partial charge in [0.1, 0.15) is 5.82 Å². The molecule has 3 rings (SSSR count). The van der Waals surface area contributed by atoms with Crippen LogP contribution in [0.3, 0.4) is 0 Å². The molecule has 0 aliphatic heterocycles. The van der Waals surface area contributed by atoms with Gasteiger partial charge in [-0.3, -0.25) is 0 Å². The minimum atomic E-state index is 0.529. The summed E-state index contributed by atoms with van der Waals surface area (Å²) in [6, 6.07) is 8.62. The molecule has 2 heterocycles. The third kappa shape index (κ3) is 2.96. The summed E-state index contributed by atoms with van der Waals surface area (Å²) in [5.74, 6) is 1.62. The largest absolute Gasteiger partial charge is 0.329 e. The molecule has 0 saturated heterocycles. The second-order valence-electron chi connectivity index (χ2n) is 5.85. The Morgan fingerprint density at radius 3 is 2.82 bits per heavy atom. The molecule has 22 heavy (non-hydrogen) atoms. The normalized spacial score (nSPS) is 11.3.